The molecule has 2 heteroatoms. The Bertz CT molecular complexity index is 423. The zero-order valence-electron chi connectivity index (χ0n) is 13.4. The molecule has 3 atom stereocenters. The summed E-state index contributed by atoms with van der Waals surface area (Å²) >= 11 is 0. The predicted molar refractivity (Wildman–Crippen MR) is 88.3 cm³/mol. The number of likely N-dealkylation sites (tertiary alicyclic amines) is 1. The number of hydrogen-bond donors (Lipinski definition) is 1. The second kappa shape index (κ2) is 6.94. The molecule has 1 aliphatic heterocycles. The minimum absolute atomic E-state index is 0.876. The lowest BCUT2D eigenvalue weighted by Gasteiger charge is -2.31. The summed E-state index contributed by atoms with van der Waals surface area (Å²) in [6, 6.07) is 8.75. The van der Waals surface area contributed by atoms with Gasteiger partial charge in [-0.2, -0.15) is 0 Å². The number of nitrogens with zero attached hydrogens (tertiary/aromatic N) is 1. The molecule has 1 N–H and O–H groups in total. The third-order valence-electron chi connectivity index (χ3n) is 4.21. The lowest BCUT2D eigenvalue weighted by atomic mass is 9.92. The average molecular weight is 273 g/mol. The molecule has 2 rings (SSSR count). The van der Waals surface area contributed by atoms with Gasteiger partial charge in [-0.25, -0.2) is 0 Å². The van der Waals surface area contributed by atoms with Gasteiger partial charge in [-0.1, -0.05) is 32.1 Å². The molecule has 2 nitrogen and oxygen atoms in total. The number of benzene rings is 1. The predicted octanol–water partition coefficient (Wildman–Crippen LogP) is 2.33. The topological polar surface area (TPSA) is 7.68 Å². The average Bonchev–Trinajstić information content (AvgIpc) is 2.38. The molecule has 1 aromatic carbocycles. The van der Waals surface area contributed by atoms with Crippen LogP contribution >= 0.6 is 0 Å². The maximum atomic E-state index is 2.39. The van der Waals surface area contributed by atoms with E-state index in [-0.39, 0.29) is 0 Å². The van der Waals surface area contributed by atoms with E-state index in [9.17, 15) is 0 Å². The Morgan fingerprint density at radius 2 is 1.70 bits per heavy atom. The van der Waals surface area contributed by atoms with Crippen LogP contribution in [0.5, 0.6) is 0 Å². The molecule has 1 aromatic rings. The summed E-state index contributed by atoms with van der Waals surface area (Å²) in [5, 5.41) is 0. The number of piperidine rings is 1. The van der Waals surface area contributed by atoms with Crippen LogP contribution in [0.15, 0.2) is 30.3 Å². The van der Waals surface area contributed by atoms with Crippen molar-refractivity contribution in [2.45, 2.75) is 20.3 Å². The van der Waals surface area contributed by atoms with Crippen LogP contribution in [0.3, 0.4) is 0 Å². The Hall–Kier alpha value is -1.28. The van der Waals surface area contributed by atoms with Gasteiger partial charge in [0.1, 0.15) is 0 Å². The summed E-state index contributed by atoms with van der Waals surface area (Å²) in [6.07, 6.45) is 6.00. The summed E-state index contributed by atoms with van der Waals surface area (Å²) in [6.45, 7) is 8.59. The standard InChI is InChI=1S/C18H28N2/c1-15-12-16(2)14-20(13-15)11-5-6-17-7-9-18(10-8-17)19(3)4/h5-10,15-16H,11-14H2,1-4H3/p+1/b6-5+/t15-,16+. The van der Waals surface area contributed by atoms with E-state index in [1.54, 1.807) is 4.90 Å². The first kappa shape index (κ1) is 15.1. The second-order valence-electron chi connectivity index (χ2n) is 6.70. The van der Waals surface area contributed by atoms with Crippen molar-refractivity contribution in [2.75, 3.05) is 38.6 Å². The SMILES string of the molecule is C[C@@H]1C[C@H](C)C[NH+](C/C=C/c2ccc(N(C)C)cc2)C1. The molecule has 0 saturated carbocycles. The molecule has 0 aliphatic carbocycles. The summed E-state index contributed by atoms with van der Waals surface area (Å²) in [5.41, 5.74) is 2.56. The lowest BCUT2D eigenvalue weighted by Crippen LogP contribution is -3.14. The molecule has 0 amide bonds. The van der Waals surface area contributed by atoms with Crippen molar-refractivity contribution in [2.24, 2.45) is 11.8 Å². The maximum Gasteiger partial charge on any atom is 0.0961 e. The van der Waals surface area contributed by atoms with Gasteiger partial charge < -0.3 is 9.80 Å². The molecule has 1 fully saturated rings. The Morgan fingerprint density at radius 3 is 2.25 bits per heavy atom. The van der Waals surface area contributed by atoms with Crippen molar-refractivity contribution >= 4 is 11.8 Å². The highest BCUT2D eigenvalue weighted by atomic mass is 15.1. The fraction of sp³-hybridized carbons (Fsp3) is 0.556. The molecule has 1 saturated heterocycles. The lowest BCUT2D eigenvalue weighted by molar-refractivity contribution is -0.906. The Morgan fingerprint density at radius 1 is 1.10 bits per heavy atom. The molecule has 1 aliphatic rings. The zero-order valence-corrected chi connectivity index (χ0v) is 13.4. The molecule has 0 radical (unpaired) electrons. The minimum atomic E-state index is 0.876. The summed E-state index contributed by atoms with van der Waals surface area (Å²) in [5.74, 6) is 1.75. The molecule has 0 spiro atoms. The van der Waals surface area contributed by atoms with E-state index >= 15 is 0 Å². The summed E-state index contributed by atoms with van der Waals surface area (Å²) in [4.78, 5) is 3.87. The highest BCUT2D eigenvalue weighted by Crippen LogP contribution is 2.13. The number of hydrogen-bond acceptors (Lipinski definition) is 1. The zero-order chi connectivity index (χ0) is 14.5. The van der Waals surface area contributed by atoms with E-state index in [1.165, 1.54) is 30.8 Å². The van der Waals surface area contributed by atoms with Gasteiger partial charge in [-0.3, -0.25) is 0 Å². The van der Waals surface area contributed by atoms with Crippen LogP contribution in [0, 0.1) is 11.8 Å². The monoisotopic (exact) mass is 273 g/mol. The van der Waals surface area contributed by atoms with Crippen LogP contribution in [0.25, 0.3) is 6.08 Å². The van der Waals surface area contributed by atoms with E-state index in [4.69, 9.17) is 0 Å². The van der Waals surface area contributed by atoms with Crippen molar-refractivity contribution in [3.63, 3.8) is 0 Å². The van der Waals surface area contributed by atoms with E-state index < -0.39 is 0 Å². The second-order valence-corrected chi connectivity index (χ2v) is 6.70. The summed E-state index contributed by atoms with van der Waals surface area (Å²) < 4.78 is 0. The smallest absolute Gasteiger partial charge is 0.0961 e. The largest absolute Gasteiger partial charge is 0.378 e. The van der Waals surface area contributed by atoms with E-state index in [0.29, 0.717) is 0 Å². The molecular formula is C18H29N2+. The first-order valence-corrected chi connectivity index (χ1v) is 7.82. The van der Waals surface area contributed by atoms with Gasteiger partial charge in [0, 0.05) is 31.6 Å². The number of nitrogens with one attached hydrogen (secondary N) is 1. The van der Waals surface area contributed by atoms with Crippen molar-refractivity contribution < 1.29 is 4.90 Å². The van der Waals surface area contributed by atoms with Gasteiger partial charge in [0.15, 0.2) is 0 Å². The molecule has 1 heterocycles. The highest BCUT2D eigenvalue weighted by Gasteiger charge is 2.23. The van der Waals surface area contributed by atoms with Crippen LogP contribution in [-0.2, 0) is 0 Å². The summed E-state index contributed by atoms with van der Waals surface area (Å²) in [7, 11) is 4.15. The third-order valence-corrected chi connectivity index (χ3v) is 4.21. The van der Waals surface area contributed by atoms with Gasteiger partial charge in [-0.15, -0.1) is 0 Å². The third kappa shape index (κ3) is 4.38. The molecule has 0 bridgehead atoms. The quantitative estimate of drug-likeness (QED) is 0.885. The van der Waals surface area contributed by atoms with Crippen LogP contribution in [-0.4, -0.2) is 33.7 Å². The normalized spacial score (nSPS) is 26.9. The first-order valence-electron chi connectivity index (χ1n) is 7.82. The van der Waals surface area contributed by atoms with Crippen molar-refractivity contribution in [3.05, 3.63) is 35.9 Å². The molecule has 0 aromatic heterocycles. The number of anilines is 1. The van der Waals surface area contributed by atoms with Crippen LogP contribution in [0.4, 0.5) is 5.69 Å². The maximum absolute atomic E-state index is 2.39. The van der Waals surface area contributed by atoms with Gasteiger partial charge in [-0.05, 0) is 30.2 Å². The Kier molecular flexibility index (Phi) is 5.24. The van der Waals surface area contributed by atoms with Gasteiger partial charge in [0.25, 0.3) is 0 Å². The molecule has 20 heavy (non-hydrogen) atoms. The van der Waals surface area contributed by atoms with Crippen molar-refractivity contribution in [1.82, 2.24) is 0 Å². The Labute approximate surface area is 124 Å². The number of quaternary nitrogens is 1. The number of rotatable bonds is 4. The van der Waals surface area contributed by atoms with Crippen LogP contribution in [0.2, 0.25) is 0 Å². The van der Waals surface area contributed by atoms with Gasteiger partial charge in [0.2, 0.25) is 0 Å². The highest BCUT2D eigenvalue weighted by molar-refractivity contribution is 5.55. The fourth-order valence-electron chi connectivity index (χ4n) is 3.33. The minimum Gasteiger partial charge on any atom is -0.378 e. The molecule has 110 valence electrons. The van der Waals surface area contributed by atoms with Crippen molar-refractivity contribution in [1.29, 1.82) is 0 Å². The van der Waals surface area contributed by atoms with Gasteiger partial charge >= 0.3 is 0 Å². The van der Waals surface area contributed by atoms with Crippen molar-refractivity contribution in [3.8, 4) is 0 Å². The van der Waals surface area contributed by atoms with Gasteiger partial charge in [0.05, 0.1) is 19.6 Å². The van der Waals surface area contributed by atoms with E-state index in [0.717, 1.165) is 18.4 Å². The first-order chi connectivity index (χ1) is 9.54. The van der Waals surface area contributed by atoms with E-state index in [2.05, 4.69) is 69.3 Å². The molecule has 1 unspecified atom stereocenters. The Balaban J connectivity index is 1.86. The van der Waals surface area contributed by atoms with Crippen LogP contribution in [0.1, 0.15) is 25.8 Å². The molecular weight excluding hydrogens is 244 g/mol. The van der Waals surface area contributed by atoms with Crippen LogP contribution < -0.4 is 9.80 Å². The van der Waals surface area contributed by atoms with E-state index in [1.807, 2.05) is 0 Å². The fourth-order valence-corrected chi connectivity index (χ4v) is 3.33.